The molecule has 2 heterocycles. The monoisotopic (exact) mass is 463 g/mol. The molecule has 0 unspecified atom stereocenters. The van der Waals surface area contributed by atoms with Crippen LogP contribution in [0, 0.1) is 0 Å². The van der Waals surface area contributed by atoms with Gasteiger partial charge in [0.2, 0.25) is 5.82 Å². The van der Waals surface area contributed by atoms with Gasteiger partial charge in [0.25, 0.3) is 5.91 Å². The molecule has 4 rings (SSSR count). The van der Waals surface area contributed by atoms with Gasteiger partial charge in [0.1, 0.15) is 19.8 Å². The number of amides is 1. The van der Waals surface area contributed by atoms with Crippen LogP contribution in [-0.2, 0) is 33.5 Å². The van der Waals surface area contributed by atoms with E-state index in [1.807, 2.05) is 12.1 Å². The van der Waals surface area contributed by atoms with E-state index < -0.39 is 37.0 Å². The maximum Gasteiger partial charge on any atom is 0.449 e. The van der Waals surface area contributed by atoms with Crippen molar-refractivity contribution in [2.45, 2.75) is 19.1 Å². The highest BCUT2D eigenvalue weighted by molar-refractivity contribution is 5.82. The maximum atomic E-state index is 13.3. The summed E-state index contributed by atoms with van der Waals surface area (Å²) < 4.78 is 56.5. The molecule has 0 aliphatic carbocycles. The Kier molecular flexibility index (Phi) is 6.38. The first-order valence-electron chi connectivity index (χ1n) is 10.1. The summed E-state index contributed by atoms with van der Waals surface area (Å²) in [6.07, 6.45) is -4.24. The van der Waals surface area contributed by atoms with Crippen molar-refractivity contribution in [2.24, 2.45) is 0 Å². The Balaban J connectivity index is 1.28. The molecule has 1 aliphatic rings. The first-order valence-corrected chi connectivity index (χ1v) is 10.1. The first-order chi connectivity index (χ1) is 15.8. The van der Waals surface area contributed by atoms with E-state index in [2.05, 4.69) is 10.3 Å². The number of ether oxygens (including phenoxy) is 3. The lowest BCUT2D eigenvalue weighted by molar-refractivity contribution is -0.153. The molecule has 3 aromatic rings. The lowest BCUT2D eigenvalue weighted by atomic mass is 10.1. The molecule has 8 nitrogen and oxygen atoms in total. The molecule has 1 amide bonds. The van der Waals surface area contributed by atoms with Crippen molar-refractivity contribution in [3.8, 4) is 11.5 Å². The highest BCUT2D eigenvalue weighted by Crippen LogP contribution is 2.32. The van der Waals surface area contributed by atoms with Crippen molar-refractivity contribution in [3.05, 3.63) is 53.9 Å². The SMILES string of the molecule is O=C(COC(=O)Cn1c(C(F)(F)F)nc2ccccc21)NCCc1ccc2c(c1)OCCO2. The van der Waals surface area contributed by atoms with Gasteiger partial charge in [0.15, 0.2) is 18.1 Å². The van der Waals surface area contributed by atoms with Crippen molar-refractivity contribution in [1.82, 2.24) is 14.9 Å². The van der Waals surface area contributed by atoms with Crippen molar-refractivity contribution in [3.63, 3.8) is 0 Å². The van der Waals surface area contributed by atoms with Crippen LogP contribution in [-0.4, -0.2) is 47.8 Å². The third-order valence-corrected chi connectivity index (χ3v) is 4.90. The number of alkyl halides is 3. The quantitative estimate of drug-likeness (QED) is 0.542. The van der Waals surface area contributed by atoms with Crippen LogP contribution in [0.15, 0.2) is 42.5 Å². The molecule has 1 N–H and O–H groups in total. The van der Waals surface area contributed by atoms with E-state index >= 15 is 0 Å². The zero-order valence-electron chi connectivity index (χ0n) is 17.4. The molecule has 0 fully saturated rings. The molecule has 2 aromatic carbocycles. The zero-order valence-corrected chi connectivity index (χ0v) is 17.4. The predicted octanol–water partition coefficient (Wildman–Crippen LogP) is 2.73. The molecule has 0 spiro atoms. The van der Waals surface area contributed by atoms with Gasteiger partial charge in [-0.15, -0.1) is 0 Å². The molecule has 0 bridgehead atoms. The summed E-state index contributed by atoms with van der Waals surface area (Å²) >= 11 is 0. The van der Waals surface area contributed by atoms with Crippen LogP contribution in [0.2, 0.25) is 0 Å². The highest BCUT2D eigenvalue weighted by Gasteiger charge is 2.38. The second kappa shape index (κ2) is 9.39. The molecule has 0 saturated heterocycles. The van der Waals surface area contributed by atoms with E-state index in [1.54, 1.807) is 18.2 Å². The van der Waals surface area contributed by atoms with Gasteiger partial charge < -0.3 is 24.1 Å². The second-order valence-corrected chi connectivity index (χ2v) is 7.25. The molecule has 174 valence electrons. The third kappa shape index (κ3) is 5.36. The molecule has 0 radical (unpaired) electrons. The topological polar surface area (TPSA) is 91.7 Å². The third-order valence-electron chi connectivity index (χ3n) is 4.90. The number of carbonyl (C=O) groups is 2. The van der Waals surface area contributed by atoms with E-state index in [-0.39, 0.29) is 17.6 Å². The van der Waals surface area contributed by atoms with Crippen LogP contribution in [0.25, 0.3) is 11.0 Å². The minimum Gasteiger partial charge on any atom is -0.486 e. The number of halogens is 3. The molecular formula is C22H20F3N3O5. The number of imidazole rings is 1. The van der Waals surface area contributed by atoms with Crippen LogP contribution < -0.4 is 14.8 Å². The Morgan fingerprint density at radius 3 is 2.64 bits per heavy atom. The fourth-order valence-electron chi connectivity index (χ4n) is 3.41. The van der Waals surface area contributed by atoms with Gasteiger partial charge >= 0.3 is 12.1 Å². The Morgan fingerprint density at radius 2 is 1.85 bits per heavy atom. The van der Waals surface area contributed by atoms with Crippen molar-refractivity contribution < 1.29 is 37.0 Å². The molecule has 0 saturated carbocycles. The fourth-order valence-corrected chi connectivity index (χ4v) is 3.41. The second-order valence-electron chi connectivity index (χ2n) is 7.25. The normalized spacial score (nSPS) is 13.1. The number of hydrogen-bond donors (Lipinski definition) is 1. The Labute approximate surface area is 186 Å². The predicted molar refractivity (Wildman–Crippen MR) is 110 cm³/mol. The summed E-state index contributed by atoms with van der Waals surface area (Å²) in [5, 5.41) is 2.60. The largest absolute Gasteiger partial charge is 0.486 e. The number of rotatable bonds is 7. The minimum absolute atomic E-state index is 0.106. The lowest BCUT2D eigenvalue weighted by Crippen LogP contribution is -2.31. The Hall–Kier alpha value is -3.76. The molecular weight excluding hydrogens is 443 g/mol. The maximum absolute atomic E-state index is 13.3. The van der Waals surface area contributed by atoms with Crippen molar-refractivity contribution in [2.75, 3.05) is 26.4 Å². The lowest BCUT2D eigenvalue weighted by Gasteiger charge is -2.18. The van der Waals surface area contributed by atoms with Gasteiger partial charge in [-0.3, -0.25) is 9.59 Å². The molecule has 0 atom stereocenters. The van der Waals surface area contributed by atoms with Crippen molar-refractivity contribution >= 4 is 22.9 Å². The van der Waals surface area contributed by atoms with E-state index in [4.69, 9.17) is 14.2 Å². The van der Waals surface area contributed by atoms with Crippen LogP contribution in [0.4, 0.5) is 13.2 Å². The van der Waals surface area contributed by atoms with E-state index in [9.17, 15) is 22.8 Å². The highest BCUT2D eigenvalue weighted by atomic mass is 19.4. The summed E-state index contributed by atoms with van der Waals surface area (Å²) in [4.78, 5) is 27.7. The molecule has 1 aromatic heterocycles. The van der Waals surface area contributed by atoms with Crippen LogP contribution in [0.1, 0.15) is 11.4 Å². The number of para-hydroxylation sites is 2. The Bertz CT molecular complexity index is 1180. The van der Waals surface area contributed by atoms with Crippen molar-refractivity contribution in [1.29, 1.82) is 0 Å². The van der Waals surface area contributed by atoms with Gasteiger partial charge in [-0.2, -0.15) is 13.2 Å². The number of esters is 1. The smallest absolute Gasteiger partial charge is 0.449 e. The number of fused-ring (bicyclic) bond motifs is 2. The molecule has 1 aliphatic heterocycles. The number of carbonyl (C=O) groups excluding carboxylic acids is 2. The molecule has 11 heteroatoms. The molecule has 33 heavy (non-hydrogen) atoms. The summed E-state index contributed by atoms with van der Waals surface area (Å²) in [6, 6.07) is 11.4. The standard InChI is InChI=1S/C22H20F3N3O5/c23-22(24,25)21-27-15-3-1-2-4-16(15)28(21)12-20(30)33-13-19(29)26-8-7-14-5-6-17-18(11-14)32-10-9-31-17/h1-6,11H,7-10,12-13H2,(H,26,29). The number of nitrogens with one attached hydrogen (secondary N) is 1. The number of aromatic nitrogens is 2. The first kappa shape index (κ1) is 22.4. The Morgan fingerprint density at radius 1 is 1.09 bits per heavy atom. The van der Waals surface area contributed by atoms with Gasteiger partial charge in [-0.25, -0.2) is 4.98 Å². The summed E-state index contributed by atoms with van der Waals surface area (Å²) in [6.45, 7) is -0.0816. The van der Waals surface area contributed by atoms with Gasteiger partial charge in [-0.05, 0) is 36.2 Å². The van der Waals surface area contributed by atoms with Crippen LogP contribution in [0.3, 0.4) is 0 Å². The van der Waals surface area contributed by atoms with Crippen LogP contribution in [0.5, 0.6) is 11.5 Å². The number of hydrogen-bond acceptors (Lipinski definition) is 6. The van der Waals surface area contributed by atoms with E-state index in [1.165, 1.54) is 12.1 Å². The number of benzene rings is 2. The van der Waals surface area contributed by atoms with Gasteiger partial charge in [0, 0.05) is 6.54 Å². The van der Waals surface area contributed by atoms with Gasteiger partial charge in [0.05, 0.1) is 11.0 Å². The fraction of sp³-hybridized carbons (Fsp3) is 0.318. The van der Waals surface area contributed by atoms with E-state index in [0.717, 1.165) is 10.1 Å². The van der Waals surface area contributed by atoms with Crippen LogP contribution >= 0.6 is 0 Å². The zero-order chi connectivity index (χ0) is 23.4. The summed E-state index contributed by atoms with van der Waals surface area (Å²) in [7, 11) is 0. The summed E-state index contributed by atoms with van der Waals surface area (Å²) in [5.41, 5.74) is 1.17. The average molecular weight is 463 g/mol. The van der Waals surface area contributed by atoms with Gasteiger partial charge in [-0.1, -0.05) is 18.2 Å². The summed E-state index contributed by atoms with van der Waals surface area (Å²) in [5.74, 6) is -1.44. The average Bonchev–Trinajstić information content (AvgIpc) is 3.16. The van der Waals surface area contributed by atoms with E-state index in [0.29, 0.717) is 31.1 Å². The minimum atomic E-state index is -4.75. The number of nitrogens with zero attached hydrogens (tertiary/aromatic N) is 2.